The number of nitrogens with zero attached hydrogens (tertiary/aromatic N) is 3. The van der Waals surface area contributed by atoms with Crippen LogP contribution < -0.4 is 0 Å². The number of rotatable bonds is 5. The molecule has 2 amide bonds. The quantitative estimate of drug-likeness (QED) is 0.726. The Morgan fingerprint density at radius 1 is 1.13 bits per heavy atom. The van der Waals surface area contributed by atoms with Gasteiger partial charge in [0.1, 0.15) is 12.7 Å². The molecule has 1 aromatic heterocycles. The minimum atomic E-state index is -0.391. The molecular weight excluding hydrogens is 398 g/mol. The van der Waals surface area contributed by atoms with Crippen LogP contribution in [-0.4, -0.2) is 85.3 Å². The van der Waals surface area contributed by atoms with Gasteiger partial charge in [0.05, 0.1) is 49.2 Å². The Morgan fingerprint density at radius 3 is 2.65 bits per heavy atom. The van der Waals surface area contributed by atoms with E-state index in [1.165, 1.54) is 0 Å². The first-order valence-electron chi connectivity index (χ1n) is 10.8. The van der Waals surface area contributed by atoms with E-state index in [0.29, 0.717) is 57.3 Å². The number of morpholine rings is 2. The molecule has 2 fully saturated rings. The second kappa shape index (κ2) is 9.72. The Kier molecular flexibility index (Phi) is 6.80. The molecule has 0 bridgehead atoms. The van der Waals surface area contributed by atoms with Gasteiger partial charge in [0.2, 0.25) is 5.91 Å². The van der Waals surface area contributed by atoms with Crippen LogP contribution in [-0.2, 0) is 19.0 Å². The van der Waals surface area contributed by atoms with E-state index < -0.39 is 6.10 Å². The molecular formula is C23H29N3O5. The summed E-state index contributed by atoms with van der Waals surface area (Å²) in [7, 11) is 0. The first-order chi connectivity index (χ1) is 15.0. The molecule has 166 valence electrons. The summed E-state index contributed by atoms with van der Waals surface area (Å²) in [6, 6.07) is 9.45. The largest absolute Gasteiger partial charge is 0.378 e. The van der Waals surface area contributed by atoms with Crippen molar-refractivity contribution in [1.29, 1.82) is 0 Å². The molecule has 8 nitrogen and oxygen atoms in total. The molecule has 0 spiro atoms. The Morgan fingerprint density at radius 2 is 1.87 bits per heavy atom. The minimum absolute atomic E-state index is 0.00306. The van der Waals surface area contributed by atoms with Gasteiger partial charge in [-0.15, -0.1) is 0 Å². The van der Waals surface area contributed by atoms with Gasteiger partial charge in [-0.3, -0.25) is 9.59 Å². The normalized spacial score (nSPS) is 19.8. The number of aromatic nitrogens is 1. The van der Waals surface area contributed by atoms with Crippen LogP contribution in [0.25, 0.3) is 10.9 Å². The van der Waals surface area contributed by atoms with Gasteiger partial charge >= 0.3 is 0 Å². The number of fused-ring (bicyclic) bond motifs is 1. The van der Waals surface area contributed by atoms with Crippen molar-refractivity contribution < 1.29 is 23.8 Å². The summed E-state index contributed by atoms with van der Waals surface area (Å²) in [5, 5.41) is 0.816. The molecule has 3 heterocycles. The second-order valence-electron chi connectivity index (χ2n) is 8.08. The summed E-state index contributed by atoms with van der Waals surface area (Å²) >= 11 is 0. The lowest BCUT2D eigenvalue weighted by Crippen LogP contribution is -2.44. The van der Waals surface area contributed by atoms with E-state index in [0.717, 1.165) is 10.9 Å². The summed E-state index contributed by atoms with van der Waals surface area (Å²) in [5.74, 6) is -0.0929. The van der Waals surface area contributed by atoms with E-state index in [9.17, 15) is 9.59 Å². The van der Waals surface area contributed by atoms with Crippen molar-refractivity contribution in [2.75, 3.05) is 52.6 Å². The van der Waals surface area contributed by atoms with Crippen molar-refractivity contribution in [1.82, 2.24) is 14.8 Å². The number of ether oxygens (including phenoxy) is 3. The van der Waals surface area contributed by atoms with Crippen LogP contribution in [0, 0.1) is 0 Å². The molecule has 2 aromatic rings. The van der Waals surface area contributed by atoms with Gasteiger partial charge in [-0.25, -0.2) is 4.98 Å². The Labute approximate surface area is 182 Å². The average Bonchev–Trinajstić information content (AvgIpc) is 2.82. The highest BCUT2D eigenvalue weighted by molar-refractivity contribution is 6.06. The molecule has 1 atom stereocenters. The van der Waals surface area contributed by atoms with Crippen LogP contribution in [0.2, 0.25) is 0 Å². The Balaban J connectivity index is 1.60. The highest BCUT2D eigenvalue weighted by Gasteiger charge is 2.29. The van der Waals surface area contributed by atoms with E-state index in [1.807, 2.05) is 49.1 Å². The maximum Gasteiger partial charge on any atom is 0.254 e. The van der Waals surface area contributed by atoms with Crippen LogP contribution in [0.4, 0.5) is 0 Å². The lowest BCUT2D eigenvalue weighted by atomic mass is 10.0. The molecule has 31 heavy (non-hydrogen) atoms. The third-order valence-electron chi connectivity index (χ3n) is 5.55. The fourth-order valence-electron chi connectivity index (χ4n) is 3.86. The highest BCUT2D eigenvalue weighted by Crippen LogP contribution is 2.27. The van der Waals surface area contributed by atoms with Crippen LogP contribution in [0.3, 0.4) is 0 Å². The molecule has 2 aliphatic rings. The van der Waals surface area contributed by atoms with Gasteiger partial charge in [0.15, 0.2) is 0 Å². The average molecular weight is 428 g/mol. The molecule has 0 N–H and O–H groups in total. The first kappa shape index (κ1) is 21.7. The van der Waals surface area contributed by atoms with Crippen molar-refractivity contribution in [2.24, 2.45) is 0 Å². The Bertz CT molecular complexity index is 942. The molecule has 1 aromatic carbocycles. The van der Waals surface area contributed by atoms with Gasteiger partial charge in [-0.2, -0.15) is 0 Å². The van der Waals surface area contributed by atoms with Crippen molar-refractivity contribution in [2.45, 2.75) is 26.1 Å². The summed E-state index contributed by atoms with van der Waals surface area (Å²) in [4.78, 5) is 34.1. The number of benzene rings is 1. The zero-order valence-electron chi connectivity index (χ0n) is 18.1. The van der Waals surface area contributed by atoms with Crippen molar-refractivity contribution >= 4 is 22.7 Å². The summed E-state index contributed by atoms with van der Waals surface area (Å²) in [6.45, 7) is 7.41. The number of amides is 2. The van der Waals surface area contributed by atoms with Crippen molar-refractivity contribution in [3.05, 3.63) is 41.6 Å². The number of hydrogen-bond acceptors (Lipinski definition) is 6. The topological polar surface area (TPSA) is 81.2 Å². The van der Waals surface area contributed by atoms with Crippen LogP contribution in [0.15, 0.2) is 30.3 Å². The number of hydrogen-bond donors (Lipinski definition) is 0. The standard InChI is InChI=1S/C23H29N3O5/c1-16(2)31-15-22(27)26-9-12-30-21(14-26)20-13-18(17-5-3-4-6-19(17)24-20)23(28)25-7-10-29-11-8-25/h3-6,13,16,21H,7-12,14-15H2,1-2H3/t21-/m1/s1. The monoisotopic (exact) mass is 427 g/mol. The fraction of sp³-hybridized carbons (Fsp3) is 0.522. The molecule has 2 saturated heterocycles. The third kappa shape index (κ3) is 5.03. The Hall–Kier alpha value is -2.55. The van der Waals surface area contributed by atoms with Crippen LogP contribution in [0.1, 0.15) is 36.0 Å². The van der Waals surface area contributed by atoms with Gasteiger partial charge in [0, 0.05) is 25.0 Å². The summed E-state index contributed by atoms with van der Waals surface area (Å²) in [5.41, 5.74) is 2.02. The first-order valence-corrected chi connectivity index (χ1v) is 10.8. The van der Waals surface area contributed by atoms with E-state index in [-0.39, 0.29) is 24.5 Å². The zero-order chi connectivity index (χ0) is 21.8. The minimum Gasteiger partial charge on any atom is -0.378 e. The molecule has 0 unspecified atom stereocenters. The van der Waals surface area contributed by atoms with Crippen LogP contribution in [0.5, 0.6) is 0 Å². The third-order valence-corrected chi connectivity index (χ3v) is 5.55. The zero-order valence-corrected chi connectivity index (χ0v) is 18.1. The number of carbonyl (C=O) groups is 2. The highest BCUT2D eigenvalue weighted by atomic mass is 16.5. The predicted octanol–water partition coefficient (Wildman–Crippen LogP) is 2.03. The molecule has 2 aliphatic heterocycles. The van der Waals surface area contributed by atoms with Crippen LogP contribution >= 0.6 is 0 Å². The molecule has 0 aliphatic carbocycles. The SMILES string of the molecule is CC(C)OCC(=O)N1CCO[C@@H](c2cc(C(=O)N3CCOCC3)c3ccccc3n2)C1. The lowest BCUT2D eigenvalue weighted by molar-refractivity contribution is -0.145. The fourth-order valence-corrected chi connectivity index (χ4v) is 3.86. The van der Waals surface area contributed by atoms with Gasteiger partial charge in [-0.1, -0.05) is 18.2 Å². The van der Waals surface area contributed by atoms with Crippen molar-refractivity contribution in [3.8, 4) is 0 Å². The number of para-hydroxylation sites is 1. The molecule has 0 saturated carbocycles. The maximum absolute atomic E-state index is 13.3. The summed E-state index contributed by atoms with van der Waals surface area (Å²) < 4.78 is 16.8. The van der Waals surface area contributed by atoms with E-state index in [1.54, 1.807) is 4.90 Å². The lowest BCUT2D eigenvalue weighted by Gasteiger charge is -2.33. The van der Waals surface area contributed by atoms with Gasteiger partial charge in [-0.05, 0) is 26.0 Å². The number of pyridine rings is 1. The smallest absolute Gasteiger partial charge is 0.254 e. The van der Waals surface area contributed by atoms with Gasteiger partial charge < -0.3 is 24.0 Å². The molecule has 8 heteroatoms. The molecule has 0 radical (unpaired) electrons. The summed E-state index contributed by atoms with van der Waals surface area (Å²) in [6.07, 6.45) is -0.394. The van der Waals surface area contributed by atoms with Crippen molar-refractivity contribution in [3.63, 3.8) is 0 Å². The van der Waals surface area contributed by atoms with E-state index in [2.05, 4.69) is 0 Å². The second-order valence-corrected chi connectivity index (χ2v) is 8.08. The molecule has 4 rings (SSSR count). The maximum atomic E-state index is 13.3. The van der Waals surface area contributed by atoms with E-state index >= 15 is 0 Å². The predicted molar refractivity (Wildman–Crippen MR) is 115 cm³/mol. The number of carbonyl (C=O) groups excluding carboxylic acids is 2. The van der Waals surface area contributed by atoms with Gasteiger partial charge in [0.25, 0.3) is 5.91 Å². The van der Waals surface area contributed by atoms with E-state index in [4.69, 9.17) is 19.2 Å².